The molecule has 1 saturated heterocycles. The van der Waals surface area contributed by atoms with Gasteiger partial charge in [-0.15, -0.1) is 0 Å². The predicted octanol–water partition coefficient (Wildman–Crippen LogP) is 1.76. The van der Waals surface area contributed by atoms with E-state index in [1.54, 1.807) is 7.05 Å². The number of hydrogen-bond donors (Lipinski definition) is 3. The molecule has 1 aliphatic heterocycles. The van der Waals surface area contributed by atoms with E-state index in [2.05, 4.69) is 57.8 Å². The van der Waals surface area contributed by atoms with E-state index >= 15 is 0 Å². The first-order valence-corrected chi connectivity index (χ1v) is 10.1. The number of piperidine rings is 1. The second kappa shape index (κ2) is 11.6. The van der Waals surface area contributed by atoms with Crippen molar-refractivity contribution in [3.8, 4) is 0 Å². The van der Waals surface area contributed by atoms with Crippen LogP contribution in [0.5, 0.6) is 0 Å². The molecule has 2 rings (SSSR count). The van der Waals surface area contributed by atoms with Gasteiger partial charge in [-0.05, 0) is 57.7 Å². The molecular weight excluding hydrogens is 338 g/mol. The summed E-state index contributed by atoms with van der Waals surface area (Å²) in [6.07, 6.45) is 5.13. The fourth-order valence-corrected chi connectivity index (χ4v) is 3.53. The summed E-state index contributed by atoms with van der Waals surface area (Å²) >= 11 is 0. The molecule has 1 heterocycles. The van der Waals surface area contributed by atoms with E-state index < -0.39 is 0 Å². The molecule has 0 bridgehead atoms. The topological polar surface area (TPSA) is 82.8 Å². The van der Waals surface area contributed by atoms with E-state index in [0.29, 0.717) is 6.04 Å². The van der Waals surface area contributed by atoms with Gasteiger partial charge in [0.15, 0.2) is 5.96 Å². The Balaban J connectivity index is 1.61. The lowest BCUT2D eigenvalue weighted by Crippen LogP contribution is -2.44. The maximum Gasteiger partial charge on any atom is 0.221 e. The van der Waals surface area contributed by atoms with Gasteiger partial charge in [0.2, 0.25) is 5.91 Å². The lowest BCUT2D eigenvalue weighted by atomic mass is 9.97. The SMILES string of the molecule is CN=C(NCCCN1CCCC(C(N)=O)C1)NC(C)CCc1ccccc1. The van der Waals surface area contributed by atoms with Crippen molar-refractivity contribution < 1.29 is 4.79 Å². The van der Waals surface area contributed by atoms with Gasteiger partial charge in [0.25, 0.3) is 0 Å². The monoisotopic (exact) mass is 373 g/mol. The number of benzene rings is 1. The molecule has 6 nitrogen and oxygen atoms in total. The standard InChI is InChI=1S/C21H35N5O/c1-17(11-12-18-8-4-3-5-9-18)25-21(23-2)24-13-7-15-26-14-6-10-19(16-26)20(22)27/h3-5,8-9,17,19H,6-7,10-16H2,1-2H3,(H2,22,27)(H2,23,24,25). The molecular formula is C21H35N5O. The number of nitrogens with two attached hydrogens (primary N) is 1. The second-order valence-corrected chi connectivity index (χ2v) is 7.46. The lowest BCUT2D eigenvalue weighted by molar-refractivity contribution is -0.123. The summed E-state index contributed by atoms with van der Waals surface area (Å²) in [5.74, 6) is 0.711. The zero-order chi connectivity index (χ0) is 19.5. The van der Waals surface area contributed by atoms with E-state index in [1.165, 1.54) is 5.56 Å². The molecule has 1 aliphatic rings. The van der Waals surface area contributed by atoms with E-state index in [-0.39, 0.29) is 11.8 Å². The summed E-state index contributed by atoms with van der Waals surface area (Å²) in [7, 11) is 1.81. The Labute approximate surface area is 163 Å². The van der Waals surface area contributed by atoms with Gasteiger partial charge in [0.05, 0.1) is 5.92 Å². The van der Waals surface area contributed by atoms with E-state index in [9.17, 15) is 4.79 Å². The Morgan fingerprint density at radius 1 is 1.37 bits per heavy atom. The molecule has 0 saturated carbocycles. The Hall–Kier alpha value is -2.08. The highest BCUT2D eigenvalue weighted by Gasteiger charge is 2.23. The van der Waals surface area contributed by atoms with Crippen molar-refractivity contribution in [1.82, 2.24) is 15.5 Å². The first kappa shape index (κ1) is 21.2. The number of aryl methyl sites for hydroxylation is 1. The Kier molecular flexibility index (Phi) is 9.11. The normalized spacial score (nSPS) is 19.5. The zero-order valence-electron chi connectivity index (χ0n) is 16.8. The summed E-state index contributed by atoms with van der Waals surface area (Å²) in [5.41, 5.74) is 6.81. The fourth-order valence-electron chi connectivity index (χ4n) is 3.53. The van der Waals surface area contributed by atoms with Crippen molar-refractivity contribution in [2.24, 2.45) is 16.6 Å². The van der Waals surface area contributed by atoms with Crippen LogP contribution in [0.25, 0.3) is 0 Å². The molecule has 27 heavy (non-hydrogen) atoms. The number of likely N-dealkylation sites (tertiary alicyclic amines) is 1. The number of hydrogen-bond acceptors (Lipinski definition) is 3. The summed E-state index contributed by atoms with van der Waals surface area (Å²) in [5, 5.41) is 6.85. The van der Waals surface area contributed by atoms with Crippen LogP contribution in [0.2, 0.25) is 0 Å². The van der Waals surface area contributed by atoms with Gasteiger partial charge in [-0.25, -0.2) is 0 Å². The first-order valence-electron chi connectivity index (χ1n) is 10.1. The number of aliphatic imine (C=N–C) groups is 1. The van der Waals surface area contributed by atoms with Crippen LogP contribution in [0, 0.1) is 5.92 Å². The minimum absolute atomic E-state index is 0.0200. The molecule has 4 N–H and O–H groups in total. The molecule has 6 heteroatoms. The first-order chi connectivity index (χ1) is 13.1. The van der Waals surface area contributed by atoms with Gasteiger partial charge in [-0.1, -0.05) is 30.3 Å². The molecule has 1 aromatic rings. The molecule has 0 radical (unpaired) electrons. The largest absolute Gasteiger partial charge is 0.369 e. The summed E-state index contributed by atoms with van der Waals surface area (Å²) in [4.78, 5) is 18.0. The minimum atomic E-state index is -0.160. The van der Waals surface area contributed by atoms with Crippen LogP contribution in [0.4, 0.5) is 0 Å². The number of carbonyl (C=O) groups is 1. The average molecular weight is 374 g/mol. The van der Waals surface area contributed by atoms with Gasteiger partial charge in [0, 0.05) is 26.2 Å². The third-order valence-corrected chi connectivity index (χ3v) is 5.17. The van der Waals surface area contributed by atoms with Crippen LogP contribution in [0.15, 0.2) is 35.3 Å². The molecule has 1 amide bonds. The minimum Gasteiger partial charge on any atom is -0.369 e. The number of guanidine groups is 1. The van der Waals surface area contributed by atoms with Gasteiger partial charge in [-0.3, -0.25) is 9.79 Å². The highest BCUT2D eigenvalue weighted by atomic mass is 16.1. The van der Waals surface area contributed by atoms with Crippen molar-refractivity contribution in [2.75, 3.05) is 33.2 Å². The summed E-state index contributed by atoms with van der Waals surface area (Å²) < 4.78 is 0. The molecule has 2 atom stereocenters. The average Bonchev–Trinajstić information content (AvgIpc) is 2.69. The molecule has 1 fully saturated rings. The van der Waals surface area contributed by atoms with Crippen LogP contribution < -0.4 is 16.4 Å². The Morgan fingerprint density at radius 3 is 2.85 bits per heavy atom. The van der Waals surface area contributed by atoms with Crippen molar-refractivity contribution in [3.63, 3.8) is 0 Å². The van der Waals surface area contributed by atoms with Crippen LogP contribution in [0.1, 0.15) is 38.2 Å². The smallest absolute Gasteiger partial charge is 0.221 e. The number of primary amides is 1. The van der Waals surface area contributed by atoms with Crippen LogP contribution in [-0.2, 0) is 11.2 Å². The predicted molar refractivity (Wildman–Crippen MR) is 112 cm³/mol. The highest BCUT2D eigenvalue weighted by molar-refractivity contribution is 5.79. The quantitative estimate of drug-likeness (QED) is 0.350. The van der Waals surface area contributed by atoms with Gasteiger partial charge < -0.3 is 21.3 Å². The Bertz CT molecular complexity index is 589. The molecule has 2 unspecified atom stereocenters. The van der Waals surface area contributed by atoms with E-state index in [1.807, 2.05) is 0 Å². The molecule has 0 aromatic heterocycles. The van der Waals surface area contributed by atoms with E-state index in [4.69, 9.17) is 5.73 Å². The number of nitrogens with one attached hydrogen (secondary N) is 2. The number of amides is 1. The van der Waals surface area contributed by atoms with Crippen molar-refractivity contribution >= 4 is 11.9 Å². The van der Waals surface area contributed by atoms with Crippen molar-refractivity contribution in [3.05, 3.63) is 35.9 Å². The number of rotatable bonds is 9. The third kappa shape index (κ3) is 7.99. The summed E-state index contributed by atoms with van der Waals surface area (Å²) in [6.45, 7) is 5.90. The summed E-state index contributed by atoms with van der Waals surface area (Å²) in [6, 6.07) is 10.9. The molecule has 0 spiro atoms. The van der Waals surface area contributed by atoms with Gasteiger partial charge in [-0.2, -0.15) is 0 Å². The zero-order valence-corrected chi connectivity index (χ0v) is 16.8. The number of nitrogens with zero attached hydrogens (tertiary/aromatic N) is 2. The molecule has 0 aliphatic carbocycles. The fraction of sp³-hybridized carbons (Fsp3) is 0.619. The molecule has 150 valence electrons. The van der Waals surface area contributed by atoms with Crippen molar-refractivity contribution in [1.29, 1.82) is 0 Å². The second-order valence-electron chi connectivity index (χ2n) is 7.46. The Morgan fingerprint density at radius 2 is 2.15 bits per heavy atom. The molecule has 1 aromatic carbocycles. The number of carbonyl (C=O) groups excluding carboxylic acids is 1. The van der Waals surface area contributed by atoms with Gasteiger partial charge >= 0.3 is 0 Å². The van der Waals surface area contributed by atoms with Crippen LogP contribution in [0.3, 0.4) is 0 Å². The van der Waals surface area contributed by atoms with Crippen molar-refractivity contribution in [2.45, 2.75) is 45.1 Å². The third-order valence-electron chi connectivity index (χ3n) is 5.17. The lowest BCUT2D eigenvalue weighted by Gasteiger charge is -2.31. The van der Waals surface area contributed by atoms with E-state index in [0.717, 1.165) is 64.2 Å². The maximum atomic E-state index is 11.4. The highest BCUT2D eigenvalue weighted by Crippen LogP contribution is 2.15. The van der Waals surface area contributed by atoms with Crippen LogP contribution >= 0.6 is 0 Å². The van der Waals surface area contributed by atoms with Gasteiger partial charge in [0.1, 0.15) is 0 Å². The maximum absolute atomic E-state index is 11.4. The van der Waals surface area contributed by atoms with Crippen LogP contribution in [-0.4, -0.2) is 56.0 Å².